The molecule has 2 amide bonds. The Balaban J connectivity index is 1.72. The first-order chi connectivity index (χ1) is 12.0. The van der Waals surface area contributed by atoms with Crippen LogP contribution in [0.25, 0.3) is 0 Å². The van der Waals surface area contributed by atoms with Gasteiger partial charge in [-0.1, -0.05) is 6.07 Å². The van der Waals surface area contributed by atoms with E-state index in [1.165, 1.54) is 6.07 Å². The first-order valence-electron chi connectivity index (χ1n) is 8.21. The van der Waals surface area contributed by atoms with Crippen molar-refractivity contribution < 1.29 is 18.4 Å². The van der Waals surface area contributed by atoms with Crippen molar-refractivity contribution in [3.63, 3.8) is 0 Å². The number of rotatable bonds is 2. The van der Waals surface area contributed by atoms with Crippen molar-refractivity contribution in [1.82, 2.24) is 0 Å². The number of benzene rings is 2. The average Bonchev–Trinajstić information content (AvgIpc) is 2.81. The predicted molar refractivity (Wildman–Crippen MR) is 89.8 cm³/mol. The molecule has 2 aliphatic rings. The molecule has 0 aliphatic carbocycles. The molecule has 1 N–H and O–H groups in total. The van der Waals surface area contributed by atoms with Crippen LogP contribution in [0.4, 0.5) is 20.2 Å². The molecule has 4 nitrogen and oxygen atoms in total. The van der Waals surface area contributed by atoms with Crippen LogP contribution in [-0.2, 0) is 11.2 Å². The molecule has 0 radical (unpaired) electrons. The van der Waals surface area contributed by atoms with Gasteiger partial charge < -0.3 is 10.2 Å². The highest BCUT2D eigenvalue weighted by Crippen LogP contribution is 2.44. The minimum atomic E-state index is -0.908. The molecule has 0 spiro atoms. The summed E-state index contributed by atoms with van der Waals surface area (Å²) in [5, 5.41) is 2.57. The Morgan fingerprint density at radius 3 is 2.68 bits per heavy atom. The summed E-state index contributed by atoms with van der Waals surface area (Å²) in [6.07, 6.45) is 1.65. The maximum Gasteiger partial charge on any atom is 0.261 e. The Labute approximate surface area is 143 Å². The van der Waals surface area contributed by atoms with Gasteiger partial charge in [0.15, 0.2) is 0 Å². The smallest absolute Gasteiger partial charge is 0.261 e. The second-order valence-electron chi connectivity index (χ2n) is 6.44. The molecule has 0 fully saturated rings. The Hall–Kier alpha value is -2.76. The maximum absolute atomic E-state index is 13.8. The van der Waals surface area contributed by atoms with Crippen LogP contribution in [0.1, 0.15) is 40.7 Å². The van der Waals surface area contributed by atoms with Crippen LogP contribution in [-0.4, -0.2) is 18.4 Å². The summed E-state index contributed by atoms with van der Waals surface area (Å²) >= 11 is 0. The van der Waals surface area contributed by atoms with Gasteiger partial charge in [-0.2, -0.15) is 0 Å². The van der Waals surface area contributed by atoms with Gasteiger partial charge in [-0.3, -0.25) is 9.59 Å². The van der Waals surface area contributed by atoms with Gasteiger partial charge in [0, 0.05) is 12.2 Å². The fourth-order valence-corrected chi connectivity index (χ4v) is 3.68. The molecule has 0 saturated carbocycles. The third-order valence-electron chi connectivity index (χ3n) is 4.87. The lowest BCUT2D eigenvalue weighted by atomic mass is 9.96. The minimum Gasteiger partial charge on any atom is -0.322 e. The fourth-order valence-electron chi connectivity index (χ4n) is 3.68. The summed E-state index contributed by atoms with van der Waals surface area (Å²) in [7, 11) is 0. The molecule has 0 aromatic heterocycles. The SMILES string of the molecule is CC1C(=O)N2CCCc3cc(NC(=O)c4c(F)cccc4F)cc1c32. The number of aryl methyl sites for hydroxylation is 1. The van der Waals surface area contributed by atoms with Crippen molar-refractivity contribution in [2.75, 3.05) is 16.8 Å². The third-order valence-corrected chi connectivity index (χ3v) is 4.87. The zero-order valence-corrected chi connectivity index (χ0v) is 13.6. The summed E-state index contributed by atoms with van der Waals surface area (Å²) in [6.45, 7) is 2.54. The van der Waals surface area contributed by atoms with Crippen LogP contribution in [0.5, 0.6) is 0 Å². The zero-order chi connectivity index (χ0) is 17.7. The molecule has 2 aromatic carbocycles. The lowest BCUT2D eigenvalue weighted by Crippen LogP contribution is -2.32. The number of nitrogens with one attached hydrogen (secondary N) is 1. The van der Waals surface area contributed by atoms with Gasteiger partial charge in [-0.05, 0) is 55.2 Å². The topological polar surface area (TPSA) is 49.4 Å². The van der Waals surface area contributed by atoms with Crippen molar-refractivity contribution in [3.8, 4) is 0 Å². The molecule has 0 saturated heterocycles. The van der Waals surface area contributed by atoms with Crippen LogP contribution in [0.2, 0.25) is 0 Å². The first kappa shape index (κ1) is 15.7. The van der Waals surface area contributed by atoms with Gasteiger partial charge >= 0.3 is 0 Å². The number of hydrogen-bond donors (Lipinski definition) is 1. The Morgan fingerprint density at radius 2 is 1.96 bits per heavy atom. The van der Waals surface area contributed by atoms with E-state index in [2.05, 4.69) is 5.32 Å². The summed E-state index contributed by atoms with van der Waals surface area (Å²) in [4.78, 5) is 26.5. The molecule has 6 heteroatoms. The van der Waals surface area contributed by atoms with Gasteiger partial charge in [0.1, 0.15) is 17.2 Å². The summed E-state index contributed by atoms with van der Waals surface area (Å²) in [6, 6.07) is 6.81. The fraction of sp³-hybridized carbons (Fsp3) is 0.263. The van der Waals surface area contributed by atoms with E-state index < -0.39 is 23.1 Å². The van der Waals surface area contributed by atoms with Crippen molar-refractivity contribution in [2.45, 2.75) is 25.7 Å². The van der Waals surface area contributed by atoms with E-state index in [0.29, 0.717) is 12.2 Å². The average molecular weight is 342 g/mol. The Kier molecular flexibility index (Phi) is 3.56. The largest absolute Gasteiger partial charge is 0.322 e. The van der Waals surface area contributed by atoms with Gasteiger partial charge in [0.05, 0.1) is 11.6 Å². The Bertz CT molecular complexity index is 890. The van der Waals surface area contributed by atoms with Crippen molar-refractivity contribution in [1.29, 1.82) is 0 Å². The summed E-state index contributed by atoms with van der Waals surface area (Å²) in [5.74, 6) is -2.88. The van der Waals surface area contributed by atoms with E-state index in [9.17, 15) is 18.4 Å². The van der Waals surface area contributed by atoms with Gasteiger partial charge in [-0.15, -0.1) is 0 Å². The molecule has 25 heavy (non-hydrogen) atoms. The molecule has 2 aliphatic heterocycles. The van der Waals surface area contributed by atoms with Crippen molar-refractivity contribution >= 4 is 23.2 Å². The van der Waals surface area contributed by atoms with Crippen LogP contribution in [0, 0.1) is 11.6 Å². The number of carbonyl (C=O) groups is 2. The van der Waals surface area contributed by atoms with Gasteiger partial charge in [-0.25, -0.2) is 8.78 Å². The molecular formula is C19H16F2N2O2. The highest BCUT2D eigenvalue weighted by molar-refractivity contribution is 6.08. The molecular weight excluding hydrogens is 326 g/mol. The van der Waals surface area contributed by atoms with Crippen LogP contribution < -0.4 is 10.2 Å². The van der Waals surface area contributed by atoms with Gasteiger partial charge in [0.2, 0.25) is 5.91 Å². The van der Waals surface area contributed by atoms with Crippen LogP contribution >= 0.6 is 0 Å². The number of halogens is 2. The Morgan fingerprint density at radius 1 is 1.24 bits per heavy atom. The van der Waals surface area contributed by atoms with E-state index in [1.54, 1.807) is 17.0 Å². The zero-order valence-electron chi connectivity index (χ0n) is 13.6. The molecule has 128 valence electrons. The molecule has 4 rings (SSSR count). The molecule has 0 bridgehead atoms. The lowest BCUT2D eigenvalue weighted by molar-refractivity contribution is -0.119. The highest BCUT2D eigenvalue weighted by Gasteiger charge is 2.38. The van der Waals surface area contributed by atoms with E-state index in [-0.39, 0.29) is 11.8 Å². The van der Waals surface area contributed by atoms with Crippen molar-refractivity contribution in [3.05, 3.63) is 58.7 Å². The first-order valence-corrected chi connectivity index (χ1v) is 8.21. The van der Waals surface area contributed by atoms with E-state index in [4.69, 9.17) is 0 Å². The molecule has 1 atom stereocenters. The quantitative estimate of drug-likeness (QED) is 0.906. The normalized spacial score (nSPS) is 18.3. The standard InChI is InChI=1S/C19H16F2N2O2/c1-10-13-9-12(8-11-4-3-7-23(17(11)13)19(10)25)22-18(24)16-14(20)5-2-6-15(16)21/h2,5-6,8-10H,3-4,7H2,1H3,(H,22,24). The van der Waals surface area contributed by atoms with Crippen LogP contribution in [0.3, 0.4) is 0 Å². The molecule has 2 heterocycles. The highest BCUT2D eigenvalue weighted by atomic mass is 19.1. The maximum atomic E-state index is 13.8. The monoisotopic (exact) mass is 342 g/mol. The van der Waals surface area contributed by atoms with Crippen LogP contribution in [0.15, 0.2) is 30.3 Å². The molecule has 1 unspecified atom stereocenters. The number of amides is 2. The second-order valence-corrected chi connectivity index (χ2v) is 6.44. The lowest BCUT2D eigenvalue weighted by Gasteiger charge is -2.26. The van der Waals surface area contributed by atoms with E-state index in [1.807, 2.05) is 6.92 Å². The van der Waals surface area contributed by atoms with E-state index >= 15 is 0 Å². The number of nitrogens with zero attached hydrogens (tertiary/aromatic N) is 1. The predicted octanol–water partition coefficient (Wildman–Crippen LogP) is 3.61. The number of hydrogen-bond acceptors (Lipinski definition) is 2. The van der Waals surface area contributed by atoms with E-state index in [0.717, 1.165) is 41.8 Å². The number of carbonyl (C=O) groups excluding carboxylic acids is 2. The number of anilines is 2. The van der Waals surface area contributed by atoms with Gasteiger partial charge in [0.25, 0.3) is 5.91 Å². The van der Waals surface area contributed by atoms with Crippen molar-refractivity contribution in [2.24, 2.45) is 0 Å². The minimum absolute atomic E-state index is 0.0552. The second kappa shape index (κ2) is 5.65. The summed E-state index contributed by atoms with van der Waals surface area (Å²) < 4.78 is 27.6. The third kappa shape index (κ3) is 2.40. The summed E-state index contributed by atoms with van der Waals surface area (Å²) in [5.41, 5.74) is 2.60. The molecule has 2 aromatic rings.